The number of nitrogens with one attached hydrogen (secondary N) is 1. The van der Waals surface area contributed by atoms with E-state index in [4.69, 9.17) is 9.84 Å². The lowest BCUT2D eigenvalue weighted by molar-refractivity contribution is -0.137. The summed E-state index contributed by atoms with van der Waals surface area (Å²) in [4.78, 5) is 22.2. The quantitative estimate of drug-likeness (QED) is 0.859. The molecule has 1 amide bonds. The molecule has 5 nitrogen and oxygen atoms in total. The molecule has 1 aromatic carbocycles. The Morgan fingerprint density at radius 3 is 2.60 bits per heavy atom. The molecule has 2 rings (SSSR count). The van der Waals surface area contributed by atoms with Crippen LogP contribution in [-0.4, -0.2) is 30.6 Å². The Kier molecular flexibility index (Phi) is 4.27. The van der Waals surface area contributed by atoms with Crippen molar-refractivity contribution in [1.82, 2.24) is 5.32 Å². The molecular formula is C15H19NO4. The Morgan fingerprint density at radius 2 is 2.10 bits per heavy atom. The number of carbonyl (C=O) groups excluding carboxylic acids is 1. The molecule has 0 aromatic heterocycles. The van der Waals surface area contributed by atoms with E-state index in [-0.39, 0.29) is 17.7 Å². The summed E-state index contributed by atoms with van der Waals surface area (Å²) in [5, 5.41) is 11.8. The van der Waals surface area contributed by atoms with E-state index in [1.165, 1.54) is 0 Å². The van der Waals surface area contributed by atoms with Crippen LogP contribution in [-0.2, 0) is 15.0 Å². The van der Waals surface area contributed by atoms with Crippen LogP contribution in [0.3, 0.4) is 0 Å². The predicted octanol–water partition coefficient (Wildman–Crippen LogP) is 1.71. The zero-order valence-corrected chi connectivity index (χ0v) is 11.5. The van der Waals surface area contributed by atoms with E-state index in [0.29, 0.717) is 25.8 Å². The van der Waals surface area contributed by atoms with Crippen LogP contribution in [0.2, 0.25) is 0 Å². The third kappa shape index (κ3) is 3.10. The average molecular weight is 277 g/mol. The van der Waals surface area contributed by atoms with Crippen LogP contribution in [0.15, 0.2) is 24.3 Å². The van der Waals surface area contributed by atoms with Crippen molar-refractivity contribution in [3.05, 3.63) is 29.8 Å². The van der Waals surface area contributed by atoms with Crippen LogP contribution in [0.25, 0.3) is 0 Å². The average Bonchev–Trinajstić information content (AvgIpc) is 2.47. The number of carboxylic acid groups (broad SMARTS) is 1. The summed E-state index contributed by atoms with van der Waals surface area (Å²) in [6, 6.07) is 7.65. The highest BCUT2D eigenvalue weighted by Gasteiger charge is 2.36. The maximum atomic E-state index is 11.4. The standard InChI is InChI=1S/C15H19NO4/c1-20-12-4-2-11(3-5-12)15(9-7-14(18)19)8-6-13(17)16-10-15/h2-5H,6-10H2,1H3,(H,16,17)(H,18,19). The molecule has 0 radical (unpaired) electrons. The minimum Gasteiger partial charge on any atom is -0.497 e. The van der Waals surface area contributed by atoms with Gasteiger partial charge in [-0.15, -0.1) is 0 Å². The van der Waals surface area contributed by atoms with Crippen LogP contribution < -0.4 is 10.1 Å². The molecular weight excluding hydrogens is 258 g/mol. The monoisotopic (exact) mass is 277 g/mol. The Balaban J connectivity index is 2.24. The van der Waals surface area contributed by atoms with Gasteiger partial charge in [-0.05, 0) is 30.5 Å². The lowest BCUT2D eigenvalue weighted by Crippen LogP contribution is -2.46. The number of benzene rings is 1. The lowest BCUT2D eigenvalue weighted by atomic mass is 9.71. The van der Waals surface area contributed by atoms with Crippen molar-refractivity contribution in [1.29, 1.82) is 0 Å². The van der Waals surface area contributed by atoms with Gasteiger partial charge in [-0.25, -0.2) is 0 Å². The van der Waals surface area contributed by atoms with E-state index in [9.17, 15) is 9.59 Å². The molecule has 1 atom stereocenters. The summed E-state index contributed by atoms with van der Waals surface area (Å²) in [7, 11) is 1.61. The first-order chi connectivity index (χ1) is 9.55. The molecule has 1 fully saturated rings. The second kappa shape index (κ2) is 5.94. The molecule has 108 valence electrons. The first-order valence-corrected chi connectivity index (χ1v) is 6.69. The number of rotatable bonds is 5. The molecule has 1 saturated heterocycles. The van der Waals surface area contributed by atoms with Crippen LogP contribution in [0.1, 0.15) is 31.2 Å². The van der Waals surface area contributed by atoms with E-state index in [1.54, 1.807) is 7.11 Å². The number of amides is 1. The van der Waals surface area contributed by atoms with E-state index < -0.39 is 5.97 Å². The van der Waals surface area contributed by atoms with Crippen LogP contribution >= 0.6 is 0 Å². The zero-order chi connectivity index (χ0) is 14.6. The first-order valence-electron chi connectivity index (χ1n) is 6.69. The first kappa shape index (κ1) is 14.4. The number of aliphatic carboxylic acids is 1. The SMILES string of the molecule is COc1ccc(C2(CCC(=O)O)CCC(=O)NC2)cc1. The molecule has 0 saturated carbocycles. The summed E-state index contributed by atoms with van der Waals surface area (Å²) in [5.74, 6) is -0.0128. The molecule has 2 N–H and O–H groups in total. The fraction of sp³-hybridized carbons (Fsp3) is 0.467. The summed E-state index contributed by atoms with van der Waals surface area (Å²) in [6.07, 6.45) is 1.74. The zero-order valence-electron chi connectivity index (χ0n) is 11.5. The van der Waals surface area contributed by atoms with Crippen molar-refractivity contribution in [3.63, 3.8) is 0 Å². The van der Waals surface area contributed by atoms with E-state index in [2.05, 4.69) is 5.32 Å². The molecule has 1 aliphatic rings. The third-order valence-corrected chi connectivity index (χ3v) is 3.97. The maximum absolute atomic E-state index is 11.4. The van der Waals surface area contributed by atoms with Crippen molar-refractivity contribution in [3.8, 4) is 5.75 Å². The molecule has 1 unspecified atom stereocenters. The third-order valence-electron chi connectivity index (χ3n) is 3.97. The second-order valence-corrected chi connectivity index (χ2v) is 5.18. The highest BCUT2D eigenvalue weighted by Crippen LogP contribution is 2.36. The number of methoxy groups -OCH3 is 1. The number of ether oxygens (including phenoxy) is 1. The van der Waals surface area contributed by atoms with Crippen molar-refractivity contribution in [2.24, 2.45) is 0 Å². The van der Waals surface area contributed by atoms with Crippen molar-refractivity contribution in [2.45, 2.75) is 31.1 Å². The molecule has 1 heterocycles. The highest BCUT2D eigenvalue weighted by atomic mass is 16.5. The van der Waals surface area contributed by atoms with Crippen LogP contribution in [0.5, 0.6) is 5.75 Å². The number of hydrogen-bond acceptors (Lipinski definition) is 3. The predicted molar refractivity (Wildman–Crippen MR) is 73.8 cm³/mol. The smallest absolute Gasteiger partial charge is 0.303 e. The van der Waals surface area contributed by atoms with Gasteiger partial charge in [-0.2, -0.15) is 0 Å². The van der Waals surface area contributed by atoms with Gasteiger partial charge in [0.1, 0.15) is 5.75 Å². The minimum absolute atomic E-state index is 0.0319. The maximum Gasteiger partial charge on any atom is 0.303 e. The van der Waals surface area contributed by atoms with E-state index >= 15 is 0 Å². The van der Waals surface area contributed by atoms with Gasteiger partial charge in [0.05, 0.1) is 7.11 Å². The molecule has 0 bridgehead atoms. The Morgan fingerprint density at radius 1 is 1.40 bits per heavy atom. The molecule has 0 aliphatic carbocycles. The molecule has 1 aromatic rings. The van der Waals surface area contributed by atoms with Gasteiger partial charge in [0.25, 0.3) is 0 Å². The van der Waals surface area contributed by atoms with Crippen molar-refractivity contribution < 1.29 is 19.4 Å². The fourth-order valence-corrected chi connectivity index (χ4v) is 2.69. The Hall–Kier alpha value is -2.04. The fourth-order valence-electron chi connectivity index (χ4n) is 2.69. The summed E-state index contributed by atoms with van der Waals surface area (Å²) in [5.41, 5.74) is 0.762. The van der Waals surface area contributed by atoms with Gasteiger partial charge in [-0.1, -0.05) is 12.1 Å². The van der Waals surface area contributed by atoms with E-state index in [0.717, 1.165) is 11.3 Å². The molecule has 1 aliphatic heterocycles. The Labute approximate surface area is 117 Å². The van der Waals surface area contributed by atoms with Gasteiger partial charge in [0.2, 0.25) is 5.91 Å². The van der Waals surface area contributed by atoms with E-state index in [1.807, 2.05) is 24.3 Å². The minimum atomic E-state index is -0.810. The van der Waals surface area contributed by atoms with Gasteiger partial charge >= 0.3 is 5.97 Å². The second-order valence-electron chi connectivity index (χ2n) is 5.18. The normalized spacial score (nSPS) is 22.1. The summed E-state index contributed by atoms with van der Waals surface area (Å²) < 4.78 is 5.14. The number of carbonyl (C=O) groups is 2. The summed E-state index contributed by atoms with van der Waals surface area (Å²) >= 11 is 0. The molecule has 0 spiro atoms. The van der Waals surface area contributed by atoms with Gasteiger partial charge in [0, 0.05) is 24.8 Å². The summed E-state index contributed by atoms with van der Waals surface area (Å²) in [6.45, 7) is 0.492. The molecule has 5 heteroatoms. The highest BCUT2D eigenvalue weighted by molar-refractivity contribution is 5.77. The molecule has 20 heavy (non-hydrogen) atoms. The number of carboxylic acids is 1. The van der Waals surface area contributed by atoms with Crippen LogP contribution in [0, 0.1) is 0 Å². The largest absolute Gasteiger partial charge is 0.497 e. The number of hydrogen-bond donors (Lipinski definition) is 2. The van der Waals surface area contributed by atoms with Gasteiger partial charge in [0.15, 0.2) is 0 Å². The van der Waals surface area contributed by atoms with Gasteiger partial charge < -0.3 is 15.2 Å². The van der Waals surface area contributed by atoms with Crippen molar-refractivity contribution in [2.75, 3.05) is 13.7 Å². The lowest BCUT2D eigenvalue weighted by Gasteiger charge is -2.37. The Bertz CT molecular complexity index is 485. The van der Waals surface area contributed by atoms with Crippen molar-refractivity contribution >= 4 is 11.9 Å². The number of piperidine rings is 1. The van der Waals surface area contributed by atoms with Gasteiger partial charge in [-0.3, -0.25) is 9.59 Å². The topological polar surface area (TPSA) is 75.6 Å². The van der Waals surface area contributed by atoms with Crippen LogP contribution in [0.4, 0.5) is 0 Å².